The van der Waals surface area contributed by atoms with E-state index >= 15 is 0 Å². The summed E-state index contributed by atoms with van der Waals surface area (Å²) in [7, 11) is 0. The largest absolute Gasteiger partial charge is 0.390 e. The van der Waals surface area contributed by atoms with Crippen molar-refractivity contribution in [2.24, 2.45) is 0 Å². The lowest BCUT2D eigenvalue weighted by atomic mass is 10.2. The minimum Gasteiger partial charge on any atom is -0.390 e. The van der Waals surface area contributed by atoms with Crippen LogP contribution in [0.3, 0.4) is 0 Å². The zero-order chi connectivity index (χ0) is 22.2. The first kappa shape index (κ1) is 22.4. The molecule has 166 valence electrons. The van der Waals surface area contributed by atoms with Crippen LogP contribution in [0.4, 0.5) is 5.69 Å². The number of aliphatic hydroxyl groups is 1. The zero-order valence-corrected chi connectivity index (χ0v) is 22.5. The van der Waals surface area contributed by atoms with Crippen molar-refractivity contribution in [2.75, 3.05) is 37.6 Å². The molecule has 0 spiro atoms. The monoisotopic (exact) mass is 651 g/mol. The number of halogens is 2. The van der Waals surface area contributed by atoms with Crippen LogP contribution in [-0.2, 0) is 6.54 Å². The molecule has 1 aliphatic rings. The van der Waals surface area contributed by atoms with E-state index in [0.29, 0.717) is 13.1 Å². The topological polar surface area (TPSA) is 31.6 Å². The lowest BCUT2D eigenvalue weighted by molar-refractivity contribution is 0.0969. The zero-order valence-electron chi connectivity index (χ0n) is 18.1. The number of benzene rings is 3. The standard InChI is InChI=1S/C26H27I2N3O/c1-18-2-6-21(7-3-18)30-12-10-29(11-13-30)16-22(32)17-31-25-8-4-19(27)14-23(25)24-15-20(28)5-9-26(24)31/h2-9,14-15,22,32H,10-13,16-17H2,1H3/t22-/m0/s1. The van der Waals surface area contributed by atoms with Gasteiger partial charge < -0.3 is 14.6 Å². The maximum absolute atomic E-state index is 11.0. The minimum atomic E-state index is -0.404. The van der Waals surface area contributed by atoms with Gasteiger partial charge in [0.15, 0.2) is 0 Å². The summed E-state index contributed by atoms with van der Waals surface area (Å²) in [6.07, 6.45) is -0.404. The Morgan fingerprint density at radius 2 is 1.34 bits per heavy atom. The fourth-order valence-corrected chi connectivity index (χ4v) is 5.74. The molecule has 4 nitrogen and oxygen atoms in total. The lowest BCUT2D eigenvalue weighted by Gasteiger charge is -2.37. The molecule has 1 fully saturated rings. The van der Waals surface area contributed by atoms with Crippen LogP contribution in [0.25, 0.3) is 21.8 Å². The Morgan fingerprint density at radius 1 is 0.781 bits per heavy atom. The average Bonchev–Trinajstić information content (AvgIpc) is 3.07. The van der Waals surface area contributed by atoms with Gasteiger partial charge in [-0.25, -0.2) is 0 Å². The highest BCUT2D eigenvalue weighted by Crippen LogP contribution is 2.31. The number of aliphatic hydroxyl groups excluding tert-OH is 1. The van der Waals surface area contributed by atoms with Crippen LogP contribution in [0.5, 0.6) is 0 Å². The van der Waals surface area contributed by atoms with Crippen LogP contribution >= 0.6 is 45.2 Å². The van der Waals surface area contributed by atoms with Crippen molar-refractivity contribution < 1.29 is 5.11 Å². The summed E-state index contributed by atoms with van der Waals surface area (Å²) in [5, 5.41) is 13.6. The first-order valence-electron chi connectivity index (χ1n) is 11.1. The van der Waals surface area contributed by atoms with Gasteiger partial charge in [0, 0.05) is 67.4 Å². The van der Waals surface area contributed by atoms with Crippen LogP contribution < -0.4 is 4.90 Å². The molecule has 1 aromatic heterocycles. The summed E-state index contributed by atoms with van der Waals surface area (Å²) < 4.78 is 4.77. The minimum absolute atomic E-state index is 0.404. The number of β-amino-alcohol motifs (C(OH)–C–C–N with tert-alkyl or cyclic N) is 1. The van der Waals surface area contributed by atoms with Gasteiger partial charge in [-0.1, -0.05) is 17.7 Å². The summed E-state index contributed by atoms with van der Waals surface area (Å²) in [5.74, 6) is 0. The van der Waals surface area contributed by atoms with E-state index in [0.717, 1.165) is 26.2 Å². The smallest absolute Gasteiger partial charge is 0.0845 e. The molecule has 0 aliphatic carbocycles. The molecule has 0 saturated carbocycles. The Hall–Kier alpha value is -1.36. The van der Waals surface area contributed by atoms with Crippen LogP contribution in [0, 0.1) is 14.1 Å². The molecule has 0 amide bonds. The van der Waals surface area contributed by atoms with Crippen LogP contribution in [-0.4, -0.2) is 53.4 Å². The van der Waals surface area contributed by atoms with Gasteiger partial charge in [-0.15, -0.1) is 0 Å². The Bertz CT molecular complexity index is 1180. The van der Waals surface area contributed by atoms with Crippen LogP contribution in [0.15, 0.2) is 60.7 Å². The van der Waals surface area contributed by atoms with Gasteiger partial charge in [-0.3, -0.25) is 4.90 Å². The second-order valence-corrected chi connectivity index (χ2v) is 11.2. The molecule has 1 aliphatic heterocycles. The third-order valence-electron chi connectivity index (χ3n) is 6.42. The molecule has 1 N–H and O–H groups in total. The van der Waals surface area contributed by atoms with Gasteiger partial charge in [-0.2, -0.15) is 0 Å². The fourth-order valence-electron chi connectivity index (χ4n) is 4.76. The van der Waals surface area contributed by atoms with Crippen molar-refractivity contribution >= 4 is 72.7 Å². The fraction of sp³-hybridized carbons (Fsp3) is 0.308. The van der Waals surface area contributed by atoms with E-state index in [1.54, 1.807) is 0 Å². The summed E-state index contributed by atoms with van der Waals surface area (Å²) in [6.45, 7) is 7.41. The van der Waals surface area contributed by atoms with E-state index in [-0.39, 0.29) is 0 Å². The Balaban J connectivity index is 1.29. The lowest BCUT2D eigenvalue weighted by Crippen LogP contribution is -2.49. The molecule has 4 aromatic rings. The van der Waals surface area contributed by atoms with Crippen molar-refractivity contribution in [2.45, 2.75) is 19.6 Å². The summed E-state index contributed by atoms with van der Waals surface area (Å²) in [5.41, 5.74) is 4.99. The SMILES string of the molecule is Cc1ccc(N2CCN(C[C@H](O)Cn3c4ccc(I)cc4c4cc(I)ccc43)CC2)cc1. The van der Waals surface area contributed by atoms with Crippen molar-refractivity contribution in [1.29, 1.82) is 0 Å². The maximum atomic E-state index is 11.0. The normalized spacial score (nSPS) is 16.2. The molecular weight excluding hydrogens is 624 g/mol. The molecule has 32 heavy (non-hydrogen) atoms. The molecule has 1 saturated heterocycles. The second-order valence-electron chi connectivity index (χ2n) is 8.71. The maximum Gasteiger partial charge on any atom is 0.0845 e. The van der Waals surface area contributed by atoms with E-state index in [1.807, 2.05) is 0 Å². The van der Waals surface area contributed by atoms with E-state index in [9.17, 15) is 5.11 Å². The third-order valence-corrected chi connectivity index (χ3v) is 7.76. The van der Waals surface area contributed by atoms with E-state index < -0.39 is 6.10 Å². The molecule has 0 unspecified atom stereocenters. The van der Waals surface area contributed by atoms with Crippen LogP contribution in [0.1, 0.15) is 5.56 Å². The summed E-state index contributed by atoms with van der Waals surface area (Å²) in [6, 6.07) is 22.0. The number of hydrogen-bond acceptors (Lipinski definition) is 3. The summed E-state index contributed by atoms with van der Waals surface area (Å²) >= 11 is 4.75. The van der Waals surface area contributed by atoms with E-state index in [4.69, 9.17) is 0 Å². The van der Waals surface area contributed by atoms with Gasteiger partial charge in [0.25, 0.3) is 0 Å². The Labute approximate surface area is 216 Å². The highest BCUT2D eigenvalue weighted by atomic mass is 127. The van der Waals surface area contributed by atoms with Crippen molar-refractivity contribution in [1.82, 2.24) is 9.47 Å². The quantitative estimate of drug-likeness (QED) is 0.290. The number of fused-ring (bicyclic) bond motifs is 3. The number of piperazine rings is 1. The number of rotatable bonds is 5. The van der Waals surface area contributed by atoms with Gasteiger partial charge >= 0.3 is 0 Å². The molecule has 0 bridgehead atoms. The molecule has 3 aromatic carbocycles. The predicted octanol–water partition coefficient (Wildman–Crippen LogP) is 5.50. The number of aryl methyl sites for hydroxylation is 1. The number of nitrogens with zero attached hydrogens (tertiary/aromatic N) is 3. The second kappa shape index (κ2) is 9.48. The van der Waals surface area contributed by atoms with E-state index in [2.05, 4.69) is 127 Å². The van der Waals surface area contributed by atoms with Gasteiger partial charge in [0.2, 0.25) is 0 Å². The van der Waals surface area contributed by atoms with Crippen molar-refractivity contribution in [3.8, 4) is 0 Å². The van der Waals surface area contributed by atoms with Gasteiger partial charge in [-0.05, 0) is 101 Å². The van der Waals surface area contributed by atoms with Crippen LogP contribution in [0.2, 0.25) is 0 Å². The van der Waals surface area contributed by atoms with Gasteiger partial charge in [0.05, 0.1) is 12.6 Å². The molecule has 5 rings (SSSR count). The molecule has 0 radical (unpaired) electrons. The number of hydrogen-bond donors (Lipinski definition) is 1. The predicted molar refractivity (Wildman–Crippen MR) is 151 cm³/mol. The van der Waals surface area contributed by atoms with Crippen molar-refractivity contribution in [3.63, 3.8) is 0 Å². The van der Waals surface area contributed by atoms with E-state index in [1.165, 1.54) is 40.2 Å². The van der Waals surface area contributed by atoms with Crippen molar-refractivity contribution in [3.05, 3.63) is 73.4 Å². The molecule has 2 heterocycles. The Kier molecular flexibility index (Phi) is 6.65. The molecule has 1 atom stereocenters. The number of aromatic nitrogens is 1. The highest BCUT2D eigenvalue weighted by molar-refractivity contribution is 14.1. The molecule has 6 heteroatoms. The summed E-state index contributed by atoms with van der Waals surface area (Å²) in [4.78, 5) is 4.84. The molecular formula is C26H27I2N3O. The Morgan fingerprint density at radius 3 is 1.91 bits per heavy atom. The first-order chi connectivity index (χ1) is 15.5. The van der Waals surface area contributed by atoms with Gasteiger partial charge in [0.1, 0.15) is 0 Å². The highest BCUT2D eigenvalue weighted by Gasteiger charge is 2.21. The number of anilines is 1. The first-order valence-corrected chi connectivity index (χ1v) is 13.2. The average molecular weight is 651 g/mol. The third kappa shape index (κ3) is 4.64.